The Morgan fingerprint density at radius 1 is 1.08 bits per heavy atom. The lowest BCUT2D eigenvalue weighted by molar-refractivity contribution is -0.121. The predicted octanol–water partition coefficient (Wildman–Crippen LogP) is 5.54. The minimum absolute atomic E-state index is 0.136. The number of nitrogens with one attached hydrogen (secondary N) is 1. The van der Waals surface area contributed by atoms with E-state index in [1.54, 1.807) is 12.1 Å². The topological polar surface area (TPSA) is 38.3 Å². The van der Waals surface area contributed by atoms with Crippen LogP contribution < -0.4 is 10.1 Å². The van der Waals surface area contributed by atoms with Crippen molar-refractivity contribution in [3.8, 4) is 11.5 Å². The summed E-state index contributed by atoms with van der Waals surface area (Å²) in [7, 11) is 0. The van der Waals surface area contributed by atoms with Crippen LogP contribution in [0.15, 0.2) is 48.5 Å². The molecule has 0 aliphatic heterocycles. The summed E-state index contributed by atoms with van der Waals surface area (Å²) in [4.78, 5) is 11.5. The summed E-state index contributed by atoms with van der Waals surface area (Å²) in [6.45, 7) is 4.89. The van der Waals surface area contributed by atoms with Crippen molar-refractivity contribution in [1.29, 1.82) is 0 Å². The van der Waals surface area contributed by atoms with Gasteiger partial charge in [0.2, 0.25) is 5.91 Å². The Bertz CT molecular complexity index is 638. The number of amides is 1. The van der Waals surface area contributed by atoms with Crippen LogP contribution in [0.4, 0.5) is 0 Å². The fraction of sp³-hybridized carbons (Fsp3) is 0.350. The summed E-state index contributed by atoms with van der Waals surface area (Å²) in [5.74, 6) is 2.08. The Morgan fingerprint density at radius 3 is 2.25 bits per heavy atom. The third-order valence-corrected chi connectivity index (χ3v) is 4.13. The van der Waals surface area contributed by atoms with Crippen LogP contribution in [0, 0.1) is 0 Å². The largest absolute Gasteiger partial charge is 0.457 e. The molecule has 1 unspecified atom stereocenters. The number of carbonyl (C=O) groups is 1. The van der Waals surface area contributed by atoms with Gasteiger partial charge >= 0.3 is 0 Å². The maximum Gasteiger partial charge on any atom is 0.219 e. The van der Waals surface area contributed by atoms with Crippen molar-refractivity contribution in [2.45, 2.75) is 39.0 Å². The Kier molecular flexibility index (Phi) is 7.13. The van der Waals surface area contributed by atoms with Crippen LogP contribution in [-0.4, -0.2) is 12.5 Å². The number of hydrogen-bond acceptors (Lipinski definition) is 2. The molecule has 2 aromatic carbocycles. The molecule has 2 rings (SSSR count). The second kappa shape index (κ2) is 9.33. The molecule has 0 spiro atoms. The minimum atomic E-state index is 0.136. The van der Waals surface area contributed by atoms with Crippen LogP contribution in [0.2, 0.25) is 5.02 Å². The van der Waals surface area contributed by atoms with E-state index in [4.69, 9.17) is 16.3 Å². The standard InChI is InChI=1S/C20H24ClNO2/c1-3-4-20(23)22-14-13-15(2)16-5-9-18(10-6-16)24-19-11-7-17(21)8-12-19/h5-12,15H,3-4,13-14H2,1-2H3,(H,22,23). The molecular weight excluding hydrogens is 322 g/mol. The van der Waals surface area contributed by atoms with Gasteiger partial charge in [-0.3, -0.25) is 4.79 Å². The minimum Gasteiger partial charge on any atom is -0.457 e. The number of ether oxygens (including phenoxy) is 1. The first-order chi connectivity index (χ1) is 11.6. The van der Waals surface area contributed by atoms with Gasteiger partial charge in [0.05, 0.1) is 0 Å². The zero-order chi connectivity index (χ0) is 17.4. The molecule has 128 valence electrons. The summed E-state index contributed by atoms with van der Waals surface area (Å²) in [6, 6.07) is 15.4. The average Bonchev–Trinajstić information content (AvgIpc) is 2.58. The number of hydrogen-bond donors (Lipinski definition) is 1. The molecule has 0 heterocycles. The molecule has 0 aromatic heterocycles. The molecule has 0 saturated carbocycles. The Balaban J connectivity index is 1.84. The molecule has 0 fully saturated rings. The van der Waals surface area contributed by atoms with Crippen molar-refractivity contribution in [1.82, 2.24) is 5.32 Å². The van der Waals surface area contributed by atoms with Gasteiger partial charge in [-0.2, -0.15) is 0 Å². The first-order valence-corrected chi connectivity index (χ1v) is 8.76. The van der Waals surface area contributed by atoms with Gasteiger partial charge < -0.3 is 10.1 Å². The molecule has 0 aliphatic rings. The van der Waals surface area contributed by atoms with E-state index in [0.29, 0.717) is 23.9 Å². The smallest absolute Gasteiger partial charge is 0.219 e. The van der Waals surface area contributed by atoms with E-state index in [0.717, 1.165) is 24.3 Å². The van der Waals surface area contributed by atoms with Crippen LogP contribution in [0.25, 0.3) is 0 Å². The molecule has 2 aromatic rings. The van der Waals surface area contributed by atoms with Crippen LogP contribution in [0.1, 0.15) is 44.6 Å². The maximum atomic E-state index is 11.5. The van der Waals surface area contributed by atoms with Gasteiger partial charge in [-0.05, 0) is 60.7 Å². The van der Waals surface area contributed by atoms with E-state index in [1.165, 1.54) is 5.56 Å². The summed E-state index contributed by atoms with van der Waals surface area (Å²) < 4.78 is 5.79. The lowest BCUT2D eigenvalue weighted by Crippen LogP contribution is -2.24. The molecule has 0 radical (unpaired) electrons. The van der Waals surface area contributed by atoms with E-state index in [1.807, 2.05) is 31.2 Å². The first kappa shape index (κ1) is 18.3. The van der Waals surface area contributed by atoms with E-state index in [-0.39, 0.29) is 5.91 Å². The fourth-order valence-electron chi connectivity index (χ4n) is 2.41. The third kappa shape index (κ3) is 5.89. The average molecular weight is 346 g/mol. The predicted molar refractivity (Wildman–Crippen MR) is 98.9 cm³/mol. The van der Waals surface area contributed by atoms with Gasteiger partial charge in [-0.1, -0.05) is 37.6 Å². The van der Waals surface area contributed by atoms with Gasteiger partial charge in [0.15, 0.2) is 0 Å². The Hall–Kier alpha value is -2.00. The highest BCUT2D eigenvalue weighted by Gasteiger charge is 2.07. The summed E-state index contributed by atoms with van der Waals surface area (Å²) >= 11 is 5.87. The molecule has 1 amide bonds. The van der Waals surface area contributed by atoms with Crippen LogP contribution >= 0.6 is 11.6 Å². The molecule has 0 saturated heterocycles. The molecule has 1 atom stereocenters. The van der Waals surface area contributed by atoms with Gasteiger partial charge in [0.1, 0.15) is 11.5 Å². The van der Waals surface area contributed by atoms with Gasteiger partial charge in [-0.15, -0.1) is 0 Å². The van der Waals surface area contributed by atoms with Gasteiger partial charge in [-0.25, -0.2) is 0 Å². The normalized spacial score (nSPS) is 11.8. The monoisotopic (exact) mass is 345 g/mol. The van der Waals surface area contributed by atoms with Crippen molar-refractivity contribution < 1.29 is 9.53 Å². The lowest BCUT2D eigenvalue weighted by atomic mass is 9.98. The van der Waals surface area contributed by atoms with Gasteiger partial charge in [0.25, 0.3) is 0 Å². The van der Waals surface area contributed by atoms with E-state index >= 15 is 0 Å². The molecule has 0 bridgehead atoms. The first-order valence-electron chi connectivity index (χ1n) is 8.38. The molecule has 1 N–H and O–H groups in total. The highest BCUT2D eigenvalue weighted by atomic mass is 35.5. The summed E-state index contributed by atoms with van der Waals surface area (Å²) in [5, 5.41) is 3.65. The quantitative estimate of drug-likeness (QED) is 0.681. The molecule has 0 aliphatic carbocycles. The third-order valence-electron chi connectivity index (χ3n) is 3.88. The van der Waals surface area contributed by atoms with Crippen LogP contribution in [0.3, 0.4) is 0 Å². The lowest BCUT2D eigenvalue weighted by Gasteiger charge is -2.13. The Morgan fingerprint density at radius 2 is 1.67 bits per heavy atom. The SMILES string of the molecule is CCCC(=O)NCCC(C)c1ccc(Oc2ccc(Cl)cc2)cc1. The fourth-order valence-corrected chi connectivity index (χ4v) is 2.54. The number of halogens is 1. The van der Waals surface area contributed by atoms with Crippen molar-refractivity contribution in [3.05, 3.63) is 59.1 Å². The number of rotatable bonds is 8. The maximum absolute atomic E-state index is 11.5. The second-order valence-corrected chi connectivity index (χ2v) is 6.35. The Labute approximate surface area is 149 Å². The van der Waals surface area contributed by atoms with Crippen LogP contribution in [-0.2, 0) is 4.79 Å². The van der Waals surface area contributed by atoms with E-state index in [9.17, 15) is 4.79 Å². The zero-order valence-corrected chi connectivity index (χ0v) is 15.0. The highest BCUT2D eigenvalue weighted by Crippen LogP contribution is 2.26. The molecular formula is C20H24ClNO2. The van der Waals surface area contributed by atoms with E-state index in [2.05, 4.69) is 24.4 Å². The zero-order valence-electron chi connectivity index (χ0n) is 14.2. The van der Waals surface area contributed by atoms with Crippen molar-refractivity contribution >= 4 is 17.5 Å². The van der Waals surface area contributed by atoms with Crippen LogP contribution in [0.5, 0.6) is 11.5 Å². The summed E-state index contributed by atoms with van der Waals surface area (Å²) in [5.41, 5.74) is 1.24. The van der Waals surface area contributed by atoms with Crippen molar-refractivity contribution in [2.24, 2.45) is 0 Å². The van der Waals surface area contributed by atoms with Crippen molar-refractivity contribution in [3.63, 3.8) is 0 Å². The summed E-state index contributed by atoms with van der Waals surface area (Å²) in [6.07, 6.45) is 2.41. The number of carbonyl (C=O) groups excluding carboxylic acids is 1. The van der Waals surface area contributed by atoms with E-state index < -0.39 is 0 Å². The molecule has 3 nitrogen and oxygen atoms in total. The van der Waals surface area contributed by atoms with Gasteiger partial charge in [0, 0.05) is 18.0 Å². The van der Waals surface area contributed by atoms with Crippen molar-refractivity contribution in [2.75, 3.05) is 6.54 Å². The molecule has 24 heavy (non-hydrogen) atoms. The highest BCUT2D eigenvalue weighted by molar-refractivity contribution is 6.30. The molecule has 4 heteroatoms. The number of benzene rings is 2. The second-order valence-electron chi connectivity index (χ2n) is 5.91.